The van der Waals surface area contributed by atoms with E-state index in [2.05, 4.69) is 25.8 Å². The molecule has 1 aliphatic rings. The number of rotatable bonds is 3. The van der Waals surface area contributed by atoms with E-state index in [4.69, 9.17) is 16.3 Å². The van der Waals surface area contributed by atoms with Crippen LogP contribution >= 0.6 is 22.9 Å². The summed E-state index contributed by atoms with van der Waals surface area (Å²) in [5.41, 5.74) is 1.24. The van der Waals surface area contributed by atoms with Gasteiger partial charge in [-0.2, -0.15) is 0 Å². The number of hydrogen-bond acceptors (Lipinski definition) is 3. The van der Waals surface area contributed by atoms with Gasteiger partial charge in [0.2, 0.25) is 0 Å². The van der Waals surface area contributed by atoms with E-state index in [0.29, 0.717) is 5.88 Å². The largest absolute Gasteiger partial charge is 0.378 e. The van der Waals surface area contributed by atoms with Gasteiger partial charge in [0.1, 0.15) is 0 Å². The second-order valence-electron chi connectivity index (χ2n) is 4.68. The number of halogens is 1. The van der Waals surface area contributed by atoms with E-state index in [0.717, 1.165) is 25.1 Å². The summed E-state index contributed by atoms with van der Waals surface area (Å²) < 4.78 is 5.66. The van der Waals surface area contributed by atoms with Crippen molar-refractivity contribution in [3.63, 3.8) is 0 Å². The SMILES string of the molecule is Cc1nc(CC2(CCl)CCOC2C)sc1C. The summed E-state index contributed by atoms with van der Waals surface area (Å²) in [5, 5.41) is 1.20. The summed E-state index contributed by atoms with van der Waals surface area (Å²) in [6, 6.07) is 0. The van der Waals surface area contributed by atoms with Crippen molar-refractivity contribution in [1.82, 2.24) is 4.98 Å². The fourth-order valence-corrected chi connectivity index (χ4v) is 3.72. The average molecular weight is 260 g/mol. The molecule has 0 amide bonds. The molecular weight excluding hydrogens is 242 g/mol. The lowest BCUT2D eigenvalue weighted by atomic mass is 9.81. The van der Waals surface area contributed by atoms with Gasteiger partial charge >= 0.3 is 0 Å². The third-order valence-corrected chi connectivity index (χ3v) is 5.28. The molecule has 90 valence electrons. The number of aryl methyl sites for hydroxylation is 2. The molecule has 1 aliphatic heterocycles. The van der Waals surface area contributed by atoms with E-state index < -0.39 is 0 Å². The zero-order valence-electron chi connectivity index (χ0n) is 10.0. The van der Waals surface area contributed by atoms with Crippen molar-refractivity contribution in [3.05, 3.63) is 15.6 Å². The Bertz CT molecular complexity index is 360. The van der Waals surface area contributed by atoms with Crippen molar-refractivity contribution >= 4 is 22.9 Å². The minimum absolute atomic E-state index is 0.0955. The summed E-state index contributed by atoms with van der Waals surface area (Å²) >= 11 is 7.94. The van der Waals surface area contributed by atoms with Crippen molar-refractivity contribution in [2.24, 2.45) is 5.41 Å². The lowest BCUT2D eigenvalue weighted by Gasteiger charge is -2.28. The monoisotopic (exact) mass is 259 g/mol. The molecule has 1 aromatic rings. The first kappa shape index (κ1) is 12.3. The molecule has 0 aromatic carbocycles. The van der Waals surface area contributed by atoms with Crippen molar-refractivity contribution in [1.29, 1.82) is 0 Å². The highest BCUT2D eigenvalue weighted by atomic mass is 35.5. The zero-order chi connectivity index (χ0) is 11.8. The van der Waals surface area contributed by atoms with Gasteiger partial charge in [-0.1, -0.05) is 0 Å². The van der Waals surface area contributed by atoms with Gasteiger partial charge in [0.25, 0.3) is 0 Å². The molecule has 4 heteroatoms. The maximum absolute atomic E-state index is 6.15. The van der Waals surface area contributed by atoms with Crippen LogP contribution in [0.2, 0.25) is 0 Å². The molecule has 0 saturated carbocycles. The first-order valence-electron chi connectivity index (χ1n) is 5.68. The highest BCUT2D eigenvalue weighted by Crippen LogP contribution is 2.40. The first-order chi connectivity index (χ1) is 7.57. The highest BCUT2D eigenvalue weighted by Gasteiger charge is 2.41. The topological polar surface area (TPSA) is 22.1 Å². The molecule has 16 heavy (non-hydrogen) atoms. The smallest absolute Gasteiger partial charge is 0.0937 e. The van der Waals surface area contributed by atoms with Crippen molar-refractivity contribution in [3.8, 4) is 0 Å². The molecule has 0 aliphatic carbocycles. The van der Waals surface area contributed by atoms with E-state index in [1.165, 1.54) is 9.88 Å². The quantitative estimate of drug-likeness (QED) is 0.777. The number of alkyl halides is 1. The molecule has 2 nitrogen and oxygen atoms in total. The van der Waals surface area contributed by atoms with Gasteiger partial charge in [-0.25, -0.2) is 4.98 Å². The van der Waals surface area contributed by atoms with Crippen LogP contribution in [0.4, 0.5) is 0 Å². The molecule has 2 atom stereocenters. The number of aromatic nitrogens is 1. The van der Waals surface area contributed by atoms with Crippen LogP contribution in [-0.4, -0.2) is 23.6 Å². The minimum Gasteiger partial charge on any atom is -0.378 e. The molecule has 2 heterocycles. The van der Waals surface area contributed by atoms with Crippen molar-refractivity contribution in [2.45, 2.75) is 39.7 Å². The van der Waals surface area contributed by atoms with Crippen LogP contribution in [0.3, 0.4) is 0 Å². The minimum atomic E-state index is 0.0955. The van der Waals surface area contributed by atoms with E-state index >= 15 is 0 Å². The molecule has 0 N–H and O–H groups in total. The zero-order valence-corrected chi connectivity index (χ0v) is 11.6. The summed E-state index contributed by atoms with van der Waals surface area (Å²) in [4.78, 5) is 5.92. The Morgan fingerprint density at radius 3 is 2.75 bits per heavy atom. The number of ether oxygens (including phenoxy) is 1. The Labute approximate surface area is 106 Å². The van der Waals surface area contributed by atoms with E-state index in [1.807, 2.05) is 0 Å². The maximum Gasteiger partial charge on any atom is 0.0937 e. The number of hydrogen-bond donors (Lipinski definition) is 0. The molecule has 0 radical (unpaired) electrons. The van der Waals surface area contributed by atoms with E-state index in [9.17, 15) is 0 Å². The van der Waals surface area contributed by atoms with Crippen LogP contribution in [0.1, 0.15) is 28.9 Å². The molecule has 0 bridgehead atoms. The van der Waals surface area contributed by atoms with Gasteiger partial charge in [-0.15, -0.1) is 22.9 Å². The molecule has 0 spiro atoms. The highest BCUT2D eigenvalue weighted by molar-refractivity contribution is 7.11. The van der Waals surface area contributed by atoms with Crippen LogP contribution in [0, 0.1) is 19.3 Å². The summed E-state index contributed by atoms with van der Waals surface area (Å²) in [6.07, 6.45) is 2.25. The van der Waals surface area contributed by atoms with Gasteiger partial charge in [-0.05, 0) is 27.2 Å². The standard InChI is InChI=1S/C12H18ClNOS/c1-8-9(2)16-11(14-8)6-12(7-13)4-5-15-10(12)3/h10H,4-7H2,1-3H3. The van der Waals surface area contributed by atoms with Gasteiger partial charge in [-0.3, -0.25) is 0 Å². The Hall–Kier alpha value is -0.120. The first-order valence-corrected chi connectivity index (χ1v) is 7.03. The Morgan fingerprint density at radius 1 is 1.56 bits per heavy atom. The lowest BCUT2D eigenvalue weighted by Crippen LogP contribution is -2.33. The van der Waals surface area contributed by atoms with E-state index in [1.54, 1.807) is 11.3 Å². The third kappa shape index (κ3) is 2.13. The van der Waals surface area contributed by atoms with Gasteiger partial charge in [0.15, 0.2) is 0 Å². The van der Waals surface area contributed by atoms with Crippen LogP contribution in [0.25, 0.3) is 0 Å². The second kappa shape index (κ2) is 4.63. The molecule has 2 unspecified atom stereocenters. The van der Waals surface area contributed by atoms with Gasteiger partial charge < -0.3 is 4.74 Å². The maximum atomic E-state index is 6.15. The molecule has 1 fully saturated rings. The number of thiazole rings is 1. The Kier molecular flexibility index (Phi) is 3.57. The average Bonchev–Trinajstić information content (AvgIpc) is 2.74. The lowest BCUT2D eigenvalue weighted by molar-refractivity contribution is 0.0735. The van der Waals surface area contributed by atoms with Crippen LogP contribution in [0.15, 0.2) is 0 Å². The Morgan fingerprint density at radius 2 is 2.31 bits per heavy atom. The van der Waals surface area contributed by atoms with Crippen LogP contribution < -0.4 is 0 Å². The second-order valence-corrected chi connectivity index (χ2v) is 6.24. The number of nitrogens with zero attached hydrogens (tertiary/aromatic N) is 1. The predicted molar refractivity (Wildman–Crippen MR) is 68.5 cm³/mol. The predicted octanol–water partition coefficient (Wildman–Crippen LogP) is 3.34. The Balaban J connectivity index is 2.18. The van der Waals surface area contributed by atoms with Crippen LogP contribution in [0.5, 0.6) is 0 Å². The van der Waals surface area contributed by atoms with E-state index in [-0.39, 0.29) is 11.5 Å². The summed E-state index contributed by atoms with van der Waals surface area (Å²) in [7, 11) is 0. The van der Waals surface area contributed by atoms with Crippen LogP contribution in [-0.2, 0) is 11.2 Å². The van der Waals surface area contributed by atoms with Crippen molar-refractivity contribution < 1.29 is 4.74 Å². The summed E-state index contributed by atoms with van der Waals surface area (Å²) in [6.45, 7) is 7.15. The van der Waals surface area contributed by atoms with Crippen molar-refractivity contribution in [2.75, 3.05) is 12.5 Å². The van der Waals surface area contributed by atoms with Gasteiger partial charge in [0, 0.05) is 29.2 Å². The molecule has 1 aromatic heterocycles. The molecule has 2 rings (SSSR count). The molecule has 1 saturated heterocycles. The fourth-order valence-electron chi connectivity index (χ4n) is 2.19. The summed E-state index contributed by atoms with van der Waals surface area (Å²) in [5.74, 6) is 0.659. The normalized spacial score (nSPS) is 29.9. The third-order valence-electron chi connectivity index (χ3n) is 3.67. The molecular formula is C12H18ClNOS. The fraction of sp³-hybridized carbons (Fsp3) is 0.750. The van der Waals surface area contributed by atoms with Gasteiger partial charge in [0.05, 0.1) is 16.8 Å².